The number of hydrogen-bond acceptors (Lipinski definition) is 4. The Morgan fingerprint density at radius 3 is 2.71 bits per heavy atom. The van der Waals surface area contributed by atoms with E-state index in [0.29, 0.717) is 0 Å². The summed E-state index contributed by atoms with van der Waals surface area (Å²) in [5.74, 6) is -0.471. The van der Waals surface area contributed by atoms with Gasteiger partial charge in [0.25, 0.3) is 0 Å². The molecule has 2 aliphatic heterocycles. The van der Waals surface area contributed by atoms with E-state index < -0.39 is 5.82 Å². The Kier molecular flexibility index (Phi) is 5.09. The van der Waals surface area contributed by atoms with Gasteiger partial charge in [0.15, 0.2) is 0 Å². The average Bonchev–Trinajstić information content (AvgIpc) is 2.60. The quantitative estimate of drug-likeness (QED) is 0.876. The van der Waals surface area contributed by atoms with Gasteiger partial charge in [-0.15, -0.1) is 0 Å². The number of ether oxygens (including phenoxy) is 1. The molecule has 28 heavy (non-hydrogen) atoms. The molecular weight excluding hydrogens is 353 g/mol. The van der Waals surface area contributed by atoms with E-state index in [0.717, 1.165) is 49.4 Å². The molecule has 2 aromatic rings. The molecule has 1 atom stereocenters. The highest BCUT2D eigenvalue weighted by Crippen LogP contribution is 2.35. The first-order valence-electron chi connectivity index (χ1n) is 9.92. The van der Waals surface area contributed by atoms with E-state index in [2.05, 4.69) is 42.3 Å². The summed E-state index contributed by atoms with van der Waals surface area (Å²) in [5.41, 5.74) is 4.04. The second-order valence-corrected chi connectivity index (χ2v) is 8.33. The highest BCUT2D eigenvalue weighted by atomic mass is 19.1. The molecule has 4 nitrogen and oxygen atoms in total. The van der Waals surface area contributed by atoms with Gasteiger partial charge in [0.2, 0.25) is 0 Å². The van der Waals surface area contributed by atoms with E-state index in [1.54, 1.807) is 6.07 Å². The molecule has 0 amide bonds. The first-order chi connectivity index (χ1) is 13.4. The van der Waals surface area contributed by atoms with Crippen molar-refractivity contribution in [2.45, 2.75) is 38.4 Å². The number of halogens is 1. The molecule has 0 bridgehead atoms. The van der Waals surface area contributed by atoms with Crippen molar-refractivity contribution < 1.29 is 9.13 Å². The molecule has 2 saturated heterocycles. The van der Waals surface area contributed by atoms with E-state index in [1.165, 1.54) is 18.1 Å². The first-order valence-corrected chi connectivity index (χ1v) is 9.92. The standard InChI is InChI=1S/C23H26FN3O/c1-23(2)15-26-14-19(28-23)10-16-4-7-22(27-8-3-9-27)20(11-16)17-5-6-18(13-25)21(24)12-17/h4-7,11-12,19,26H,3,8-10,14-15H2,1-2H3. The van der Waals surface area contributed by atoms with Gasteiger partial charge in [-0.1, -0.05) is 12.1 Å². The number of rotatable bonds is 4. The van der Waals surface area contributed by atoms with Crippen LogP contribution in [0.25, 0.3) is 11.1 Å². The number of nitrogens with one attached hydrogen (secondary N) is 1. The maximum atomic E-state index is 14.3. The Morgan fingerprint density at radius 2 is 2.07 bits per heavy atom. The van der Waals surface area contributed by atoms with Gasteiger partial charge < -0.3 is 15.0 Å². The topological polar surface area (TPSA) is 48.3 Å². The minimum Gasteiger partial charge on any atom is -0.371 e. The van der Waals surface area contributed by atoms with Crippen molar-refractivity contribution in [1.29, 1.82) is 5.26 Å². The lowest BCUT2D eigenvalue weighted by Crippen LogP contribution is -2.51. The van der Waals surface area contributed by atoms with Crippen LogP contribution >= 0.6 is 0 Å². The Morgan fingerprint density at radius 1 is 1.25 bits per heavy atom. The summed E-state index contributed by atoms with van der Waals surface area (Å²) < 4.78 is 20.5. The highest BCUT2D eigenvalue weighted by Gasteiger charge is 2.28. The second kappa shape index (κ2) is 7.54. The summed E-state index contributed by atoms with van der Waals surface area (Å²) in [4.78, 5) is 2.32. The van der Waals surface area contributed by atoms with Crippen LogP contribution in [0, 0.1) is 17.1 Å². The lowest BCUT2D eigenvalue weighted by Gasteiger charge is -2.37. The summed E-state index contributed by atoms with van der Waals surface area (Å²) >= 11 is 0. The number of nitrogens with zero attached hydrogens (tertiary/aromatic N) is 2. The Hall–Kier alpha value is -2.42. The van der Waals surface area contributed by atoms with Crippen LogP contribution in [0.4, 0.5) is 10.1 Å². The van der Waals surface area contributed by atoms with Gasteiger partial charge in [0.05, 0.1) is 17.3 Å². The maximum Gasteiger partial charge on any atom is 0.141 e. The zero-order valence-corrected chi connectivity index (χ0v) is 16.5. The number of morpholine rings is 1. The minimum absolute atomic E-state index is 0.0781. The van der Waals surface area contributed by atoms with Crippen LogP contribution in [0.15, 0.2) is 36.4 Å². The molecule has 1 N–H and O–H groups in total. The van der Waals surface area contributed by atoms with Gasteiger partial charge >= 0.3 is 0 Å². The third-order valence-corrected chi connectivity index (χ3v) is 5.53. The van der Waals surface area contributed by atoms with Crippen LogP contribution in [0.1, 0.15) is 31.4 Å². The molecule has 2 fully saturated rings. The molecule has 0 spiro atoms. The molecular formula is C23H26FN3O. The fraction of sp³-hybridized carbons (Fsp3) is 0.435. The van der Waals surface area contributed by atoms with Crippen molar-refractivity contribution in [1.82, 2.24) is 5.32 Å². The predicted molar refractivity (Wildman–Crippen MR) is 109 cm³/mol. The van der Waals surface area contributed by atoms with Gasteiger partial charge in [-0.05, 0) is 62.1 Å². The predicted octanol–water partition coefficient (Wildman–Crippen LogP) is 3.88. The Balaban J connectivity index is 1.66. The molecule has 2 aromatic carbocycles. The van der Waals surface area contributed by atoms with E-state index in [1.807, 2.05) is 12.1 Å². The molecule has 2 heterocycles. The van der Waals surface area contributed by atoms with Crippen molar-refractivity contribution in [2.75, 3.05) is 31.1 Å². The fourth-order valence-corrected chi connectivity index (χ4v) is 3.99. The number of hydrogen-bond donors (Lipinski definition) is 1. The maximum absolute atomic E-state index is 14.3. The fourth-order valence-electron chi connectivity index (χ4n) is 3.99. The van der Waals surface area contributed by atoms with E-state index >= 15 is 0 Å². The monoisotopic (exact) mass is 379 g/mol. The molecule has 5 heteroatoms. The summed E-state index contributed by atoms with van der Waals surface area (Å²) in [6.45, 7) is 7.93. The average molecular weight is 379 g/mol. The molecule has 0 aliphatic carbocycles. The molecule has 2 aliphatic rings. The van der Waals surface area contributed by atoms with E-state index in [9.17, 15) is 4.39 Å². The summed E-state index contributed by atoms with van der Waals surface area (Å²) in [6, 6.07) is 13.2. The molecule has 1 unspecified atom stereocenters. The second-order valence-electron chi connectivity index (χ2n) is 8.33. The third-order valence-electron chi connectivity index (χ3n) is 5.53. The minimum atomic E-state index is -0.471. The lowest BCUT2D eigenvalue weighted by molar-refractivity contribution is -0.0927. The summed E-state index contributed by atoms with van der Waals surface area (Å²) in [6.07, 6.45) is 2.10. The van der Waals surface area contributed by atoms with Crippen molar-refractivity contribution >= 4 is 5.69 Å². The van der Waals surface area contributed by atoms with Crippen molar-refractivity contribution in [3.8, 4) is 17.2 Å². The largest absolute Gasteiger partial charge is 0.371 e. The van der Waals surface area contributed by atoms with Crippen LogP contribution in [-0.2, 0) is 11.2 Å². The number of benzene rings is 2. The third kappa shape index (κ3) is 3.89. The number of anilines is 1. The van der Waals surface area contributed by atoms with Crippen LogP contribution < -0.4 is 10.2 Å². The molecule has 0 radical (unpaired) electrons. The lowest BCUT2D eigenvalue weighted by atomic mass is 9.95. The summed E-state index contributed by atoms with van der Waals surface area (Å²) in [5, 5.41) is 12.5. The van der Waals surface area contributed by atoms with E-state index in [4.69, 9.17) is 10.00 Å². The zero-order chi connectivity index (χ0) is 19.7. The van der Waals surface area contributed by atoms with Crippen molar-refractivity contribution in [3.63, 3.8) is 0 Å². The van der Waals surface area contributed by atoms with Crippen LogP contribution in [0.3, 0.4) is 0 Å². The molecule has 0 aromatic heterocycles. The highest BCUT2D eigenvalue weighted by molar-refractivity contribution is 5.80. The van der Waals surface area contributed by atoms with E-state index in [-0.39, 0.29) is 17.3 Å². The van der Waals surface area contributed by atoms with Gasteiger partial charge in [-0.2, -0.15) is 5.26 Å². The smallest absolute Gasteiger partial charge is 0.141 e. The van der Waals surface area contributed by atoms with Crippen molar-refractivity contribution in [2.24, 2.45) is 0 Å². The van der Waals surface area contributed by atoms with Gasteiger partial charge in [-0.25, -0.2) is 4.39 Å². The van der Waals surface area contributed by atoms with Crippen LogP contribution in [0.5, 0.6) is 0 Å². The summed E-state index contributed by atoms with van der Waals surface area (Å²) in [7, 11) is 0. The Labute approximate surface area is 165 Å². The molecule has 146 valence electrons. The number of nitriles is 1. The SMILES string of the molecule is CC1(C)CNCC(Cc2ccc(N3CCC3)c(-c3ccc(C#N)c(F)c3)c2)O1. The zero-order valence-electron chi connectivity index (χ0n) is 16.5. The molecule has 4 rings (SSSR count). The van der Waals surface area contributed by atoms with Crippen molar-refractivity contribution in [3.05, 3.63) is 53.3 Å². The van der Waals surface area contributed by atoms with Crippen LogP contribution in [0.2, 0.25) is 0 Å². The van der Waals surface area contributed by atoms with Gasteiger partial charge in [0.1, 0.15) is 11.9 Å². The Bertz CT molecular complexity index is 915. The first kappa shape index (κ1) is 18.9. The normalized spacial score (nSPS) is 21.1. The van der Waals surface area contributed by atoms with Gasteiger partial charge in [0, 0.05) is 37.4 Å². The van der Waals surface area contributed by atoms with Crippen LogP contribution in [-0.4, -0.2) is 37.9 Å². The molecule has 0 saturated carbocycles. The van der Waals surface area contributed by atoms with Gasteiger partial charge in [-0.3, -0.25) is 0 Å².